The summed E-state index contributed by atoms with van der Waals surface area (Å²) in [6, 6.07) is 16.2. The number of ketones is 1. The van der Waals surface area contributed by atoms with Crippen molar-refractivity contribution < 1.29 is 19.8 Å². The van der Waals surface area contributed by atoms with Gasteiger partial charge in [-0.2, -0.15) is 0 Å². The summed E-state index contributed by atoms with van der Waals surface area (Å²) >= 11 is 0. The Morgan fingerprint density at radius 1 is 0.960 bits per heavy atom. The van der Waals surface area contributed by atoms with Gasteiger partial charge in [0.25, 0.3) is 5.91 Å². The van der Waals surface area contributed by atoms with Crippen molar-refractivity contribution in [3.05, 3.63) is 71.3 Å². The molecular formula is C20H23NO4. The third-order valence-corrected chi connectivity index (χ3v) is 4.03. The molecular weight excluding hydrogens is 318 g/mol. The van der Waals surface area contributed by atoms with Crippen LogP contribution in [0.5, 0.6) is 0 Å². The second-order valence-electron chi connectivity index (χ2n) is 6.00. The molecule has 0 unspecified atom stereocenters. The van der Waals surface area contributed by atoms with E-state index in [2.05, 4.69) is 17.4 Å². The topological polar surface area (TPSA) is 86.6 Å². The van der Waals surface area contributed by atoms with Crippen LogP contribution in [0.15, 0.2) is 54.6 Å². The summed E-state index contributed by atoms with van der Waals surface area (Å²) in [6.07, 6.45) is 0.709. The Morgan fingerprint density at radius 3 is 2.04 bits per heavy atom. The Morgan fingerprint density at radius 2 is 1.52 bits per heavy atom. The van der Waals surface area contributed by atoms with E-state index in [1.165, 1.54) is 12.5 Å². The van der Waals surface area contributed by atoms with E-state index in [1.54, 1.807) is 12.1 Å². The minimum Gasteiger partial charge on any atom is -0.391 e. The van der Waals surface area contributed by atoms with Crippen molar-refractivity contribution in [2.45, 2.75) is 31.9 Å². The van der Waals surface area contributed by atoms with Gasteiger partial charge in [0.2, 0.25) is 0 Å². The van der Waals surface area contributed by atoms with Crippen LogP contribution in [0.3, 0.4) is 0 Å². The molecule has 5 nitrogen and oxygen atoms in total. The molecule has 0 heterocycles. The average molecular weight is 341 g/mol. The molecule has 0 saturated heterocycles. The van der Waals surface area contributed by atoms with E-state index < -0.39 is 30.4 Å². The quantitative estimate of drug-likeness (QED) is 0.679. The van der Waals surface area contributed by atoms with Gasteiger partial charge in [-0.15, -0.1) is 0 Å². The number of aryl methyl sites for hydroxylation is 2. The van der Waals surface area contributed by atoms with E-state index in [4.69, 9.17) is 5.11 Å². The lowest BCUT2D eigenvalue weighted by molar-refractivity contribution is -0.125. The molecule has 0 radical (unpaired) electrons. The fraction of sp³-hybridized carbons (Fsp3) is 0.300. The maximum Gasteiger partial charge on any atom is 0.251 e. The first-order valence-electron chi connectivity index (χ1n) is 8.26. The smallest absolute Gasteiger partial charge is 0.251 e. The van der Waals surface area contributed by atoms with Crippen LogP contribution in [0.25, 0.3) is 0 Å². The van der Waals surface area contributed by atoms with Gasteiger partial charge in [0.05, 0.1) is 6.10 Å². The van der Waals surface area contributed by atoms with E-state index in [0.29, 0.717) is 5.56 Å². The molecule has 0 fully saturated rings. The van der Waals surface area contributed by atoms with Crippen molar-refractivity contribution in [3.8, 4) is 0 Å². The van der Waals surface area contributed by atoms with Crippen LogP contribution in [0.1, 0.15) is 28.4 Å². The first kappa shape index (κ1) is 18.8. The van der Waals surface area contributed by atoms with Gasteiger partial charge in [0, 0.05) is 5.56 Å². The number of nitrogens with one attached hydrogen (secondary N) is 1. The maximum atomic E-state index is 12.2. The Labute approximate surface area is 147 Å². The molecule has 0 aromatic heterocycles. The maximum absolute atomic E-state index is 12.2. The van der Waals surface area contributed by atoms with Gasteiger partial charge in [-0.05, 0) is 43.0 Å². The SMILES string of the molecule is C[C@@H](O)[C@H](NC(=O)c1ccc(CCc2ccccc2)cc1)C(=O)CO. The molecule has 0 aliphatic heterocycles. The Bertz CT molecular complexity index is 695. The summed E-state index contributed by atoms with van der Waals surface area (Å²) in [5.41, 5.74) is 2.77. The minimum atomic E-state index is -1.12. The summed E-state index contributed by atoms with van der Waals surface area (Å²) in [7, 11) is 0. The Kier molecular flexibility index (Phi) is 6.86. The van der Waals surface area contributed by atoms with Gasteiger partial charge in [-0.1, -0.05) is 42.5 Å². The number of hydrogen-bond donors (Lipinski definition) is 3. The van der Waals surface area contributed by atoms with Crippen LogP contribution in [-0.2, 0) is 17.6 Å². The van der Waals surface area contributed by atoms with Crippen LogP contribution in [0, 0.1) is 0 Å². The van der Waals surface area contributed by atoms with Gasteiger partial charge in [0.1, 0.15) is 12.6 Å². The average Bonchev–Trinajstić information content (AvgIpc) is 2.64. The zero-order valence-electron chi connectivity index (χ0n) is 14.2. The lowest BCUT2D eigenvalue weighted by Gasteiger charge is -2.19. The molecule has 1 amide bonds. The standard InChI is InChI=1S/C20H23NO4/c1-14(23)19(18(24)13-22)21-20(25)17-11-9-16(10-12-17)8-7-15-5-3-2-4-6-15/h2-6,9-12,14,19,22-23H,7-8,13H2,1H3,(H,21,25)/t14-,19+/m1/s1. The molecule has 2 atom stereocenters. The monoisotopic (exact) mass is 341 g/mol. The minimum absolute atomic E-state index is 0.403. The Hall–Kier alpha value is -2.50. The molecule has 0 aliphatic carbocycles. The van der Waals surface area contributed by atoms with E-state index in [9.17, 15) is 14.7 Å². The molecule has 3 N–H and O–H groups in total. The predicted octanol–water partition coefficient (Wildman–Crippen LogP) is 1.51. The largest absolute Gasteiger partial charge is 0.391 e. The third kappa shape index (κ3) is 5.52. The van der Waals surface area contributed by atoms with Gasteiger partial charge in [-0.25, -0.2) is 0 Å². The molecule has 5 heteroatoms. The van der Waals surface area contributed by atoms with Gasteiger partial charge < -0.3 is 15.5 Å². The van der Waals surface area contributed by atoms with E-state index >= 15 is 0 Å². The summed E-state index contributed by atoms with van der Waals surface area (Å²) in [5, 5.41) is 21.0. The molecule has 2 aromatic rings. The molecule has 25 heavy (non-hydrogen) atoms. The zero-order chi connectivity index (χ0) is 18.2. The number of aliphatic hydroxyl groups is 2. The van der Waals surface area contributed by atoms with Crippen molar-refractivity contribution in [3.63, 3.8) is 0 Å². The second kappa shape index (κ2) is 9.11. The fourth-order valence-electron chi connectivity index (χ4n) is 2.55. The second-order valence-corrected chi connectivity index (χ2v) is 6.00. The number of rotatable bonds is 8. The number of amides is 1. The third-order valence-electron chi connectivity index (χ3n) is 4.03. The molecule has 2 rings (SSSR count). The lowest BCUT2D eigenvalue weighted by atomic mass is 10.0. The number of carbonyl (C=O) groups is 2. The first-order chi connectivity index (χ1) is 12.0. The van der Waals surface area contributed by atoms with Crippen LogP contribution in [0.2, 0.25) is 0 Å². The molecule has 0 aliphatic rings. The molecule has 0 bridgehead atoms. The van der Waals surface area contributed by atoms with Crippen molar-refractivity contribution in [1.82, 2.24) is 5.32 Å². The van der Waals surface area contributed by atoms with E-state index in [0.717, 1.165) is 18.4 Å². The highest BCUT2D eigenvalue weighted by molar-refractivity contribution is 5.98. The molecule has 0 saturated carbocycles. The highest BCUT2D eigenvalue weighted by atomic mass is 16.3. The predicted molar refractivity (Wildman–Crippen MR) is 95.3 cm³/mol. The van der Waals surface area contributed by atoms with E-state index in [-0.39, 0.29) is 0 Å². The summed E-state index contributed by atoms with van der Waals surface area (Å²) in [4.78, 5) is 23.8. The number of hydrogen-bond acceptors (Lipinski definition) is 4. The molecule has 132 valence electrons. The van der Waals surface area contributed by atoms with Crippen molar-refractivity contribution in [2.24, 2.45) is 0 Å². The van der Waals surface area contributed by atoms with Crippen LogP contribution < -0.4 is 5.32 Å². The fourth-order valence-corrected chi connectivity index (χ4v) is 2.55. The van der Waals surface area contributed by atoms with Crippen molar-refractivity contribution >= 4 is 11.7 Å². The zero-order valence-corrected chi connectivity index (χ0v) is 14.2. The number of Topliss-reactive ketones (excluding diaryl/α,β-unsaturated/α-hetero) is 1. The van der Waals surface area contributed by atoms with Crippen molar-refractivity contribution in [2.75, 3.05) is 6.61 Å². The first-order valence-corrected chi connectivity index (χ1v) is 8.26. The van der Waals surface area contributed by atoms with Gasteiger partial charge in [0.15, 0.2) is 5.78 Å². The highest BCUT2D eigenvalue weighted by Crippen LogP contribution is 2.10. The van der Waals surface area contributed by atoms with Crippen LogP contribution in [-0.4, -0.2) is 40.7 Å². The van der Waals surface area contributed by atoms with Crippen LogP contribution >= 0.6 is 0 Å². The number of carbonyl (C=O) groups excluding carboxylic acids is 2. The molecule has 0 spiro atoms. The number of aliphatic hydroxyl groups excluding tert-OH is 2. The summed E-state index contributed by atoms with van der Waals surface area (Å²) in [6.45, 7) is 0.666. The lowest BCUT2D eigenvalue weighted by Crippen LogP contribution is -2.48. The Balaban J connectivity index is 1.96. The van der Waals surface area contributed by atoms with Gasteiger partial charge in [-0.3, -0.25) is 9.59 Å². The normalized spacial score (nSPS) is 13.1. The van der Waals surface area contributed by atoms with Crippen molar-refractivity contribution in [1.29, 1.82) is 0 Å². The van der Waals surface area contributed by atoms with Crippen LogP contribution in [0.4, 0.5) is 0 Å². The summed E-state index contributed by atoms with van der Waals surface area (Å²) < 4.78 is 0. The van der Waals surface area contributed by atoms with Gasteiger partial charge >= 0.3 is 0 Å². The van der Waals surface area contributed by atoms with E-state index in [1.807, 2.05) is 30.3 Å². The highest BCUT2D eigenvalue weighted by Gasteiger charge is 2.25. The molecule has 2 aromatic carbocycles. The number of benzene rings is 2. The summed E-state index contributed by atoms with van der Waals surface area (Å²) in [5.74, 6) is -1.08.